The molecule has 0 aliphatic rings. The summed E-state index contributed by atoms with van der Waals surface area (Å²) in [6.07, 6.45) is 0. The van der Waals surface area contributed by atoms with Crippen LogP contribution < -0.4 is 10.1 Å². The first-order valence-electron chi connectivity index (χ1n) is 7.41. The van der Waals surface area contributed by atoms with E-state index in [-0.39, 0.29) is 18.1 Å². The highest BCUT2D eigenvalue weighted by Crippen LogP contribution is 2.20. The normalized spacial score (nSPS) is 13.6. The molecular weight excluding hydrogens is 250 g/mol. The highest BCUT2D eigenvalue weighted by Gasteiger charge is 2.17. The van der Waals surface area contributed by atoms with Gasteiger partial charge in [0.2, 0.25) is 0 Å². The molecule has 1 aromatic rings. The molecule has 1 rings (SSSR count). The Balaban J connectivity index is 2.51. The van der Waals surface area contributed by atoms with Crippen molar-refractivity contribution in [3.8, 4) is 5.75 Å². The van der Waals surface area contributed by atoms with E-state index in [4.69, 9.17) is 4.74 Å². The third kappa shape index (κ3) is 5.93. The van der Waals surface area contributed by atoms with Crippen molar-refractivity contribution in [2.24, 2.45) is 11.3 Å². The number of hydrogen-bond acceptors (Lipinski definition) is 3. The van der Waals surface area contributed by atoms with Crippen molar-refractivity contribution in [1.82, 2.24) is 5.32 Å². The maximum absolute atomic E-state index is 9.26. The smallest absolute Gasteiger partial charge is 0.119 e. The number of hydrogen-bond donors (Lipinski definition) is 2. The van der Waals surface area contributed by atoms with Crippen molar-refractivity contribution in [3.05, 3.63) is 29.8 Å². The Bertz CT molecular complexity index is 384. The molecule has 0 saturated heterocycles. The van der Waals surface area contributed by atoms with Gasteiger partial charge in [-0.15, -0.1) is 0 Å². The van der Waals surface area contributed by atoms with Gasteiger partial charge in [-0.1, -0.05) is 39.8 Å². The third-order valence-corrected chi connectivity index (χ3v) is 3.28. The third-order valence-electron chi connectivity index (χ3n) is 3.28. The number of aliphatic hydroxyl groups excluding tert-OH is 1. The summed E-state index contributed by atoms with van der Waals surface area (Å²) >= 11 is 0. The zero-order chi connectivity index (χ0) is 15.2. The molecule has 114 valence electrons. The van der Waals surface area contributed by atoms with Crippen LogP contribution in [0.25, 0.3) is 0 Å². The standard InChI is InChI=1S/C17H29NO2/c1-13(2)10-20-16-8-6-15(7-9-16)14(3)18-11-17(4,5)12-19/h6-9,13-14,18-19H,10-12H2,1-5H3. The highest BCUT2D eigenvalue weighted by atomic mass is 16.5. The van der Waals surface area contributed by atoms with E-state index in [2.05, 4.69) is 52.1 Å². The van der Waals surface area contributed by atoms with Gasteiger partial charge in [0.1, 0.15) is 5.75 Å². The van der Waals surface area contributed by atoms with Crippen LogP contribution in [0.15, 0.2) is 24.3 Å². The van der Waals surface area contributed by atoms with Gasteiger partial charge in [-0.05, 0) is 30.5 Å². The molecule has 1 atom stereocenters. The van der Waals surface area contributed by atoms with Crippen LogP contribution in [0.3, 0.4) is 0 Å². The SMILES string of the molecule is CC(C)COc1ccc(C(C)NCC(C)(C)CO)cc1. The van der Waals surface area contributed by atoms with Crippen LogP contribution in [0.2, 0.25) is 0 Å². The molecule has 20 heavy (non-hydrogen) atoms. The van der Waals surface area contributed by atoms with Crippen LogP contribution >= 0.6 is 0 Å². The van der Waals surface area contributed by atoms with Crippen molar-refractivity contribution in [2.45, 2.75) is 40.7 Å². The molecule has 0 bridgehead atoms. The molecule has 1 unspecified atom stereocenters. The summed E-state index contributed by atoms with van der Waals surface area (Å²) in [5.41, 5.74) is 1.14. The van der Waals surface area contributed by atoms with Crippen molar-refractivity contribution in [3.63, 3.8) is 0 Å². The second-order valence-electron chi connectivity index (χ2n) is 6.70. The van der Waals surface area contributed by atoms with Crippen molar-refractivity contribution in [1.29, 1.82) is 0 Å². The summed E-state index contributed by atoms with van der Waals surface area (Å²) in [4.78, 5) is 0. The molecule has 3 nitrogen and oxygen atoms in total. The molecule has 0 amide bonds. The Morgan fingerprint density at radius 3 is 2.25 bits per heavy atom. The summed E-state index contributed by atoms with van der Waals surface area (Å²) in [7, 11) is 0. The van der Waals surface area contributed by atoms with Gasteiger partial charge in [0.15, 0.2) is 0 Å². The Kier molecular flexibility index (Phi) is 6.50. The van der Waals surface area contributed by atoms with Gasteiger partial charge in [0.25, 0.3) is 0 Å². The van der Waals surface area contributed by atoms with Crippen molar-refractivity contribution >= 4 is 0 Å². The number of aliphatic hydroxyl groups is 1. The van der Waals surface area contributed by atoms with Gasteiger partial charge in [-0.2, -0.15) is 0 Å². The number of ether oxygens (including phenoxy) is 1. The molecule has 0 aromatic heterocycles. The fourth-order valence-electron chi connectivity index (χ4n) is 1.72. The quantitative estimate of drug-likeness (QED) is 0.766. The van der Waals surface area contributed by atoms with Crippen LogP contribution in [0, 0.1) is 11.3 Å². The van der Waals surface area contributed by atoms with Gasteiger partial charge < -0.3 is 15.2 Å². The van der Waals surface area contributed by atoms with E-state index in [9.17, 15) is 5.11 Å². The molecular formula is C17H29NO2. The Labute approximate surface area is 123 Å². The van der Waals surface area contributed by atoms with Gasteiger partial charge >= 0.3 is 0 Å². The van der Waals surface area contributed by atoms with E-state index >= 15 is 0 Å². The lowest BCUT2D eigenvalue weighted by Crippen LogP contribution is -2.33. The number of rotatable bonds is 8. The van der Waals surface area contributed by atoms with Gasteiger partial charge in [-0.25, -0.2) is 0 Å². The lowest BCUT2D eigenvalue weighted by molar-refractivity contribution is 0.154. The second kappa shape index (κ2) is 7.65. The fraction of sp³-hybridized carbons (Fsp3) is 0.647. The minimum atomic E-state index is -0.0887. The lowest BCUT2D eigenvalue weighted by Gasteiger charge is -2.25. The first kappa shape index (κ1) is 17.0. The van der Waals surface area contributed by atoms with E-state index in [1.807, 2.05) is 12.1 Å². The van der Waals surface area contributed by atoms with E-state index in [0.29, 0.717) is 5.92 Å². The number of nitrogens with one attached hydrogen (secondary N) is 1. The molecule has 0 saturated carbocycles. The highest BCUT2D eigenvalue weighted by molar-refractivity contribution is 5.29. The largest absolute Gasteiger partial charge is 0.493 e. The minimum absolute atomic E-state index is 0.0887. The predicted molar refractivity (Wildman–Crippen MR) is 84.1 cm³/mol. The van der Waals surface area contributed by atoms with Gasteiger partial charge in [0, 0.05) is 24.6 Å². The molecule has 0 heterocycles. The van der Waals surface area contributed by atoms with Crippen LogP contribution in [0.5, 0.6) is 5.75 Å². The summed E-state index contributed by atoms with van der Waals surface area (Å²) in [6.45, 7) is 12.2. The molecule has 2 N–H and O–H groups in total. The summed E-state index contributed by atoms with van der Waals surface area (Å²) in [5, 5.41) is 12.7. The summed E-state index contributed by atoms with van der Waals surface area (Å²) in [6, 6.07) is 8.50. The van der Waals surface area contributed by atoms with E-state index < -0.39 is 0 Å². The first-order valence-corrected chi connectivity index (χ1v) is 7.41. The average molecular weight is 279 g/mol. The lowest BCUT2D eigenvalue weighted by atomic mass is 9.94. The average Bonchev–Trinajstić information content (AvgIpc) is 2.43. The van der Waals surface area contributed by atoms with Gasteiger partial charge in [-0.3, -0.25) is 0 Å². The molecule has 3 heteroatoms. The van der Waals surface area contributed by atoms with Crippen LogP contribution in [-0.2, 0) is 0 Å². The van der Waals surface area contributed by atoms with Crippen molar-refractivity contribution < 1.29 is 9.84 Å². The van der Waals surface area contributed by atoms with Crippen LogP contribution in [-0.4, -0.2) is 24.9 Å². The maximum Gasteiger partial charge on any atom is 0.119 e. The van der Waals surface area contributed by atoms with Crippen LogP contribution in [0.4, 0.5) is 0 Å². The second-order valence-corrected chi connectivity index (χ2v) is 6.70. The summed E-state index contributed by atoms with van der Waals surface area (Å²) in [5.74, 6) is 1.46. The first-order chi connectivity index (χ1) is 9.34. The van der Waals surface area contributed by atoms with Crippen LogP contribution in [0.1, 0.15) is 46.2 Å². The molecule has 0 spiro atoms. The van der Waals surface area contributed by atoms with E-state index in [1.165, 1.54) is 5.56 Å². The van der Waals surface area contributed by atoms with E-state index in [0.717, 1.165) is 18.9 Å². The number of benzene rings is 1. The van der Waals surface area contributed by atoms with Gasteiger partial charge in [0.05, 0.1) is 6.61 Å². The fourth-order valence-corrected chi connectivity index (χ4v) is 1.72. The Morgan fingerprint density at radius 1 is 1.15 bits per heavy atom. The molecule has 0 radical (unpaired) electrons. The Hall–Kier alpha value is -1.06. The minimum Gasteiger partial charge on any atom is -0.493 e. The molecule has 0 aliphatic heterocycles. The maximum atomic E-state index is 9.26. The Morgan fingerprint density at radius 2 is 1.75 bits per heavy atom. The zero-order valence-corrected chi connectivity index (χ0v) is 13.4. The van der Waals surface area contributed by atoms with E-state index in [1.54, 1.807) is 0 Å². The molecule has 1 aromatic carbocycles. The summed E-state index contributed by atoms with van der Waals surface area (Å²) < 4.78 is 5.68. The molecule has 0 fully saturated rings. The zero-order valence-electron chi connectivity index (χ0n) is 13.4. The van der Waals surface area contributed by atoms with Crippen molar-refractivity contribution in [2.75, 3.05) is 19.8 Å². The monoisotopic (exact) mass is 279 g/mol. The predicted octanol–water partition coefficient (Wildman–Crippen LogP) is 3.39. The molecule has 0 aliphatic carbocycles. The topological polar surface area (TPSA) is 41.5 Å².